The number of urea groups is 1. The fraction of sp³-hybridized carbons (Fsp3) is 0.476. The summed E-state index contributed by atoms with van der Waals surface area (Å²) in [6, 6.07) is 2.87. The van der Waals surface area contributed by atoms with Crippen molar-refractivity contribution in [3.63, 3.8) is 0 Å². The number of hydrogen-bond donors (Lipinski definition) is 2. The maximum Gasteiger partial charge on any atom is 0.416 e. The fourth-order valence-electron chi connectivity index (χ4n) is 3.91. The van der Waals surface area contributed by atoms with Crippen LogP contribution in [0.3, 0.4) is 0 Å². The van der Waals surface area contributed by atoms with Gasteiger partial charge in [0.2, 0.25) is 0 Å². The van der Waals surface area contributed by atoms with Crippen LogP contribution in [0.4, 0.5) is 29.5 Å². The second-order valence-corrected chi connectivity index (χ2v) is 7.97. The average Bonchev–Trinajstić information content (AvgIpc) is 3.22. The zero-order valence-corrected chi connectivity index (χ0v) is 18.3. The van der Waals surface area contributed by atoms with Gasteiger partial charge in [-0.15, -0.1) is 0 Å². The molecule has 2 aliphatic heterocycles. The molecule has 1 aromatic carbocycles. The molecule has 1 saturated heterocycles. The maximum absolute atomic E-state index is 13.2. The number of alkyl halides is 3. The third-order valence-electron chi connectivity index (χ3n) is 5.65. The van der Waals surface area contributed by atoms with Gasteiger partial charge in [-0.25, -0.2) is 4.79 Å². The molecule has 9 nitrogen and oxygen atoms in total. The molecule has 2 aromatic rings. The molecular formula is C21H25F3N6O3. The fourth-order valence-corrected chi connectivity index (χ4v) is 3.91. The summed E-state index contributed by atoms with van der Waals surface area (Å²) in [5.41, 5.74) is 6.59. The lowest BCUT2D eigenvalue weighted by Crippen LogP contribution is -2.46. The van der Waals surface area contributed by atoms with E-state index in [4.69, 9.17) is 15.2 Å². The molecule has 2 amide bonds. The lowest BCUT2D eigenvalue weighted by molar-refractivity contribution is -0.137. The normalized spacial score (nSPS) is 17.0. The van der Waals surface area contributed by atoms with Gasteiger partial charge in [0.15, 0.2) is 0 Å². The molecule has 4 rings (SSSR count). The van der Waals surface area contributed by atoms with E-state index in [0.717, 1.165) is 12.1 Å². The number of benzene rings is 1. The topological polar surface area (TPSA) is 106 Å². The van der Waals surface area contributed by atoms with E-state index < -0.39 is 17.8 Å². The molecule has 0 saturated carbocycles. The Balaban J connectivity index is 1.58. The highest BCUT2D eigenvalue weighted by Gasteiger charge is 2.33. The molecule has 0 unspecified atom stereocenters. The molecule has 12 heteroatoms. The lowest BCUT2D eigenvalue weighted by Gasteiger charge is -2.30. The number of nitrogens with one attached hydrogen (secondary N) is 1. The van der Waals surface area contributed by atoms with Gasteiger partial charge >= 0.3 is 18.2 Å². The number of hydrogen-bond acceptors (Lipinski definition) is 7. The summed E-state index contributed by atoms with van der Waals surface area (Å²) < 4.78 is 50.2. The Morgan fingerprint density at radius 1 is 1.18 bits per heavy atom. The van der Waals surface area contributed by atoms with Crippen molar-refractivity contribution in [1.82, 2.24) is 19.8 Å². The van der Waals surface area contributed by atoms with Crippen LogP contribution in [-0.2, 0) is 24.0 Å². The Morgan fingerprint density at radius 2 is 1.91 bits per heavy atom. The third kappa shape index (κ3) is 4.90. The summed E-state index contributed by atoms with van der Waals surface area (Å²) >= 11 is 0. The average molecular weight is 466 g/mol. The van der Waals surface area contributed by atoms with Crippen molar-refractivity contribution >= 4 is 17.5 Å². The number of anilines is 2. The molecule has 1 aromatic heterocycles. The van der Waals surface area contributed by atoms with E-state index in [1.165, 1.54) is 13.2 Å². The van der Waals surface area contributed by atoms with E-state index in [-0.39, 0.29) is 30.8 Å². The van der Waals surface area contributed by atoms with Gasteiger partial charge in [0, 0.05) is 24.3 Å². The molecule has 0 bridgehead atoms. The van der Waals surface area contributed by atoms with Crippen molar-refractivity contribution in [1.29, 1.82) is 0 Å². The van der Waals surface area contributed by atoms with E-state index in [1.54, 1.807) is 16.7 Å². The highest BCUT2D eigenvalue weighted by Crippen LogP contribution is 2.35. The minimum atomic E-state index is -4.51. The van der Waals surface area contributed by atoms with Gasteiger partial charge in [0.25, 0.3) is 0 Å². The summed E-state index contributed by atoms with van der Waals surface area (Å²) in [4.78, 5) is 25.0. The smallest absolute Gasteiger partial charge is 0.416 e. The molecule has 0 spiro atoms. The Hall–Kier alpha value is -3.28. The van der Waals surface area contributed by atoms with E-state index in [9.17, 15) is 18.0 Å². The van der Waals surface area contributed by atoms with Gasteiger partial charge in [0.1, 0.15) is 5.82 Å². The monoisotopic (exact) mass is 466 g/mol. The SMILES string of the molecule is COc1nc2c(c(N[C@H](C)c3cc(N)cc(C(F)(F)F)c3)n1)CN(C(=O)N1CCOCC1)C2. The number of methoxy groups -OCH3 is 1. The predicted octanol–water partition coefficient (Wildman–Crippen LogP) is 3.03. The number of amides is 2. The number of ether oxygens (including phenoxy) is 2. The van der Waals surface area contributed by atoms with Crippen molar-refractivity contribution in [3.05, 3.63) is 40.6 Å². The zero-order valence-electron chi connectivity index (χ0n) is 18.3. The first-order chi connectivity index (χ1) is 15.7. The van der Waals surface area contributed by atoms with Crippen molar-refractivity contribution in [3.8, 4) is 6.01 Å². The number of carbonyl (C=O) groups excluding carboxylic acids is 1. The molecule has 178 valence electrons. The maximum atomic E-state index is 13.2. The van der Waals surface area contributed by atoms with Gasteiger partial charge in [-0.05, 0) is 30.7 Å². The molecule has 1 fully saturated rings. The summed E-state index contributed by atoms with van der Waals surface area (Å²) in [6.45, 7) is 4.27. The first-order valence-electron chi connectivity index (χ1n) is 10.4. The second-order valence-electron chi connectivity index (χ2n) is 7.97. The molecular weight excluding hydrogens is 441 g/mol. The zero-order chi connectivity index (χ0) is 23.8. The highest BCUT2D eigenvalue weighted by molar-refractivity contribution is 5.76. The number of carbonyl (C=O) groups is 1. The number of halogens is 3. The highest BCUT2D eigenvalue weighted by atomic mass is 19.4. The molecule has 33 heavy (non-hydrogen) atoms. The summed E-state index contributed by atoms with van der Waals surface area (Å²) in [5.74, 6) is 0.401. The van der Waals surface area contributed by atoms with Crippen LogP contribution < -0.4 is 15.8 Å². The largest absolute Gasteiger partial charge is 0.467 e. The van der Waals surface area contributed by atoms with Crippen LogP contribution in [0.2, 0.25) is 0 Å². The van der Waals surface area contributed by atoms with E-state index >= 15 is 0 Å². The van der Waals surface area contributed by atoms with Gasteiger partial charge in [-0.3, -0.25) is 0 Å². The minimum Gasteiger partial charge on any atom is -0.467 e. The summed E-state index contributed by atoms with van der Waals surface area (Å²) in [7, 11) is 1.42. The lowest BCUT2D eigenvalue weighted by atomic mass is 10.0. The standard InChI is InChI=1S/C21H25F3N6O3/c1-12(13-7-14(21(22,23)24)9-15(25)8-13)26-18-16-10-30(11-17(16)27-19(28-18)32-2)20(31)29-3-5-33-6-4-29/h7-9,12H,3-6,10-11,25H2,1-2H3,(H,26,27,28)/t12-/m1/s1. The number of nitrogens with two attached hydrogens (primary N) is 1. The minimum absolute atomic E-state index is 0.0151. The predicted molar refractivity (Wildman–Crippen MR) is 114 cm³/mol. The third-order valence-corrected chi connectivity index (χ3v) is 5.65. The van der Waals surface area contributed by atoms with Gasteiger partial charge < -0.3 is 30.3 Å². The molecule has 3 N–H and O–H groups in total. The number of nitrogen functional groups attached to an aromatic ring is 1. The second kappa shape index (κ2) is 8.93. The Bertz CT molecular complexity index is 1040. The number of nitrogens with zero attached hydrogens (tertiary/aromatic N) is 4. The first-order valence-corrected chi connectivity index (χ1v) is 10.4. The van der Waals surface area contributed by atoms with Crippen molar-refractivity contribution < 1.29 is 27.4 Å². The van der Waals surface area contributed by atoms with Crippen molar-refractivity contribution in [2.45, 2.75) is 32.2 Å². The molecule has 0 radical (unpaired) electrons. The van der Waals surface area contributed by atoms with Crippen molar-refractivity contribution in [2.75, 3.05) is 44.5 Å². The van der Waals surface area contributed by atoms with Crippen LogP contribution in [-0.4, -0.2) is 59.2 Å². The summed E-state index contributed by atoms with van der Waals surface area (Å²) in [6.07, 6.45) is -4.51. The van der Waals surface area contributed by atoms with Crippen LogP contribution in [0, 0.1) is 0 Å². The van der Waals surface area contributed by atoms with Crippen LogP contribution in [0.25, 0.3) is 0 Å². The van der Waals surface area contributed by atoms with Crippen LogP contribution in [0.15, 0.2) is 18.2 Å². The first kappa shape index (κ1) is 22.9. The number of morpholine rings is 1. The molecule has 2 aliphatic rings. The molecule has 3 heterocycles. The quantitative estimate of drug-likeness (QED) is 0.668. The number of fused-ring (bicyclic) bond motifs is 1. The van der Waals surface area contributed by atoms with Gasteiger partial charge in [-0.1, -0.05) is 0 Å². The molecule has 0 aliphatic carbocycles. The number of aromatic nitrogens is 2. The van der Waals surface area contributed by atoms with Crippen molar-refractivity contribution in [2.24, 2.45) is 0 Å². The Kier molecular flexibility index (Phi) is 6.19. The van der Waals surface area contributed by atoms with E-state index in [2.05, 4.69) is 15.3 Å². The Morgan fingerprint density at radius 3 is 2.58 bits per heavy atom. The van der Waals surface area contributed by atoms with Crippen LogP contribution >= 0.6 is 0 Å². The van der Waals surface area contributed by atoms with Crippen LogP contribution in [0.5, 0.6) is 6.01 Å². The number of rotatable bonds is 4. The van der Waals surface area contributed by atoms with Gasteiger partial charge in [-0.2, -0.15) is 23.1 Å². The molecule has 1 atom stereocenters. The van der Waals surface area contributed by atoms with E-state index in [1.807, 2.05) is 0 Å². The van der Waals surface area contributed by atoms with Gasteiger partial charge in [0.05, 0.1) is 50.7 Å². The van der Waals surface area contributed by atoms with Crippen LogP contribution in [0.1, 0.15) is 35.3 Å². The Labute approximate surface area is 188 Å². The summed E-state index contributed by atoms with van der Waals surface area (Å²) in [5, 5.41) is 3.15. The van der Waals surface area contributed by atoms with E-state index in [0.29, 0.717) is 48.9 Å².